The number of halogens is 1. The minimum Gasteiger partial charge on any atom is -0.383 e. The van der Waals surface area contributed by atoms with Crippen LogP contribution in [0.2, 0.25) is 0 Å². The van der Waals surface area contributed by atoms with Crippen molar-refractivity contribution in [1.82, 2.24) is 9.29 Å². The molecular weight excluding hydrogens is 354 g/mol. The van der Waals surface area contributed by atoms with Gasteiger partial charge in [-0.25, -0.2) is 13.4 Å². The largest absolute Gasteiger partial charge is 0.383 e. The minimum absolute atomic E-state index is 0.00560. The number of aromatic nitrogens is 1. The second kappa shape index (κ2) is 6.13. The van der Waals surface area contributed by atoms with Crippen LogP contribution in [-0.4, -0.2) is 24.8 Å². The molecule has 0 aliphatic heterocycles. The number of benzene rings is 1. The van der Waals surface area contributed by atoms with Crippen LogP contribution in [0.25, 0.3) is 0 Å². The molecule has 7 heteroatoms. The summed E-state index contributed by atoms with van der Waals surface area (Å²) in [5.41, 5.74) is 7.73. The average Bonchev–Trinajstić information content (AvgIpc) is 2.43. The fourth-order valence-electron chi connectivity index (χ4n) is 1.84. The van der Waals surface area contributed by atoms with E-state index in [-0.39, 0.29) is 17.3 Å². The Balaban J connectivity index is 2.30. The molecule has 0 radical (unpaired) electrons. The Hall–Kier alpha value is -1.44. The third kappa shape index (κ3) is 3.61. The van der Waals surface area contributed by atoms with Crippen molar-refractivity contribution in [3.63, 3.8) is 0 Å². The zero-order valence-corrected chi connectivity index (χ0v) is 14.1. The quantitative estimate of drug-likeness (QED) is 0.898. The van der Waals surface area contributed by atoms with Crippen molar-refractivity contribution >= 4 is 31.8 Å². The first-order chi connectivity index (χ1) is 9.80. The van der Waals surface area contributed by atoms with Gasteiger partial charge in [0.25, 0.3) is 0 Å². The number of pyridine rings is 1. The van der Waals surface area contributed by atoms with Crippen molar-refractivity contribution in [2.45, 2.75) is 18.4 Å². The van der Waals surface area contributed by atoms with Crippen molar-refractivity contribution in [3.8, 4) is 0 Å². The highest BCUT2D eigenvalue weighted by atomic mass is 79.9. The van der Waals surface area contributed by atoms with E-state index in [4.69, 9.17) is 5.73 Å². The van der Waals surface area contributed by atoms with Gasteiger partial charge in [-0.3, -0.25) is 0 Å². The van der Waals surface area contributed by atoms with Gasteiger partial charge >= 0.3 is 0 Å². The van der Waals surface area contributed by atoms with Gasteiger partial charge in [0.2, 0.25) is 10.0 Å². The molecule has 2 N–H and O–H groups in total. The Morgan fingerprint density at radius 1 is 1.29 bits per heavy atom. The molecule has 0 unspecified atom stereocenters. The monoisotopic (exact) mass is 369 g/mol. The highest BCUT2D eigenvalue weighted by Gasteiger charge is 2.24. The molecule has 2 aromatic rings. The van der Waals surface area contributed by atoms with E-state index in [1.54, 1.807) is 0 Å². The average molecular weight is 370 g/mol. The van der Waals surface area contributed by atoms with Gasteiger partial charge < -0.3 is 5.73 Å². The van der Waals surface area contributed by atoms with E-state index in [1.807, 2.05) is 31.2 Å². The standard InChI is InChI=1S/C14H16BrN3O2S/c1-10-3-5-11(6-4-10)9-18(2)21(19,20)13-7-12(15)8-17-14(13)16/h3-8H,9H2,1-2H3,(H2,16,17). The molecule has 0 bridgehead atoms. The molecule has 0 atom stereocenters. The van der Waals surface area contributed by atoms with Crippen LogP contribution in [0.15, 0.2) is 45.9 Å². The molecule has 0 spiro atoms. The van der Waals surface area contributed by atoms with Crippen molar-refractivity contribution in [1.29, 1.82) is 0 Å². The third-order valence-corrected chi connectivity index (χ3v) is 5.33. The normalized spacial score (nSPS) is 11.8. The lowest BCUT2D eigenvalue weighted by Crippen LogP contribution is -2.27. The molecule has 0 fully saturated rings. The van der Waals surface area contributed by atoms with Crippen LogP contribution in [-0.2, 0) is 16.6 Å². The number of sulfonamides is 1. The van der Waals surface area contributed by atoms with Gasteiger partial charge in [0.15, 0.2) is 0 Å². The maximum Gasteiger partial charge on any atom is 0.246 e. The molecule has 0 saturated carbocycles. The highest BCUT2D eigenvalue weighted by Crippen LogP contribution is 2.24. The Kier molecular flexibility index (Phi) is 4.65. The van der Waals surface area contributed by atoms with E-state index in [0.29, 0.717) is 4.47 Å². The van der Waals surface area contributed by atoms with Gasteiger partial charge in [0, 0.05) is 24.3 Å². The van der Waals surface area contributed by atoms with Gasteiger partial charge in [0.1, 0.15) is 10.7 Å². The molecule has 112 valence electrons. The number of aryl methyl sites for hydroxylation is 1. The highest BCUT2D eigenvalue weighted by molar-refractivity contribution is 9.10. The van der Waals surface area contributed by atoms with E-state index >= 15 is 0 Å². The molecular formula is C14H16BrN3O2S. The van der Waals surface area contributed by atoms with Crippen molar-refractivity contribution in [2.75, 3.05) is 12.8 Å². The fourth-order valence-corrected chi connectivity index (χ4v) is 3.57. The minimum atomic E-state index is -3.68. The van der Waals surface area contributed by atoms with E-state index in [0.717, 1.165) is 11.1 Å². The predicted molar refractivity (Wildman–Crippen MR) is 86.2 cm³/mol. The molecule has 1 heterocycles. The first-order valence-corrected chi connectivity index (χ1v) is 8.47. The zero-order chi connectivity index (χ0) is 15.6. The lowest BCUT2D eigenvalue weighted by atomic mass is 10.1. The Bertz CT molecular complexity index is 745. The lowest BCUT2D eigenvalue weighted by Gasteiger charge is -2.18. The second-order valence-corrected chi connectivity index (χ2v) is 7.71. The third-order valence-electron chi connectivity index (χ3n) is 3.06. The van der Waals surface area contributed by atoms with Crippen LogP contribution in [0.4, 0.5) is 5.82 Å². The van der Waals surface area contributed by atoms with Gasteiger partial charge in [-0.05, 0) is 34.5 Å². The first kappa shape index (κ1) is 15.9. The Labute approximate surface area is 133 Å². The van der Waals surface area contributed by atoms with Crippen LogP contribution < -0.4 is 5.73 Å². The van der Waals surface area contributed by atoms with E-state index in [2.05, 4.69) is 20.9 Å². The Morgan fingerprint density at radius 2 is 1.90 bits per heavy atom. The number of anilines is 1. The summed E-state index contributed by atoms with van der Waals surface area (Å²) < 4.78 is 27.0. The van der Waals surface area contributed by atoms with Gasteiger partial charge in [-0.1, -0.05) is 29.8 Å². The van der Waals surface area contributed by atoms with Crippen LogP contribution >= 0.6 is 15.9 Å². The number of nitrogens with two attached hydrogens (primary N) is 1. The number of hydrogen-bond acceptors (Lipinski definition) is 4. The molecule has 2 rings (SSSR count). The van der Waals surface area contributed by atoms with E-state index < -0.39 is 10.0 Å². The van der Waals surface area contributed by atoms with Crippen LogP contribution in [0, 0.1) is 6.92 Å². The summed E-state index contributed by atoms with van der Waals surface area (Å²) in [4.78, 5) is 3.88. The zero-order valence-electron chi connectivity index (χ0n) is 11.7. The second-order valence-electron chi connectivity index (χ2n) is 4.78. The van der Waals surface area contributed by atoms with Gasteiger partial charge in [-0.15, -0.1) is 0 Å². The summed E-state index contributed by atoms with van der Waals surface area (Å²) in [5, 5.41) is 0. The van der Waals surface area contributed by atoms with Crippen molar-refractivity contribution < 1.29 is 8.42 Å². The Morgan fingerprint density at radius 3 is 2.52 bits per heavy atom. The van der Waals surface area contributed by atoms with Crippen LogP contribution in [0.1, 0.15) is 11.1 Å². The van der Waals surface area contributed by atoms with Crippen molar-refractivity contribution in [2.24, 2.45) is 0 Å². The lowest BCUT2D eigenvalue weighted by molar-refractivity contribution is 0.467. The summed E-state index contributed by atoms with van der Waals surface area (Å²) in [7, 11) is -2.16. The first-order valence-electron chi connectivity index (χ1n) is 6.23. The van der Waals surface area contributed by atoms with E-state index in [9.17, 15) is 8.42 Å². The summed E-state index contributed by atoms with van der Waals surface area (Å²) in [5.74, 6) is -0.00560. The molecule has 0 aliphatic carbocycles. The fraction of sp³-hybridized carbons (Fsp3) is 0.214. The van der Waals surface area contributed by atoms with Crippen LogP contribution in [0.5, 0.6) is 0 Å². The van der Waals surface area contributed by atoms with Gasteiger partial charge in [-0.2, -0.15) is 4.31 Å². The van der Waals surface area contributed by atoms with E-state index in [1.165, 1.54) is 23.6 Å². The molecule has 5 nitrogen and oxygen atoms in total. The molecule has 1 aromatic heterocycles. The summed E-state index contributed by atoms with van der Waals surface area (Å²) >= 11 is 3.21. The number of rotatable bonds is 4. The number of nitrogens with zero attached hydrogens (tertiary/aromatic N) is 2. The maximum absolute atomic E-state index is 12.6. The summed E-state index contributed by atoms with van der Waals surface area (Å²) in [6.07, 6.45) is 1.47. The maximum atomic E-state index is 12.6. The molecule has 0 saturated heterocycles. The summed E-state index contributed by atoms with van der Waals surface area (Å²) in [6, 6.07) is 9.17. The molecule has 21 heavy (non-hydrogen) atoms. The smallest absolute Gasteiger partial charge is 0.246 e. The number of nitrogen functional groups attached to an aromatic ring is 1. The van der Waals surface area contributed by atoms with Crippen molar-refractivity contribution in [3.05, 3.63) is 52.1 Å². The topological polar surface area (TPSA) is 76.3 Å². The molecule has 0 aliphatic rings. The molecule has 0 amide bonds. The van der Waals surface area contributed by atoms with Crippen LogP contribution in [0.3, 0.4) is 0 Å². The SMILES string of the molecule is Cc1ccc(CN(C)S(=O)(=O)c2cc(Br)cnc2N)cc1. The molecule has 1 aromatic carbocycles. The van der Waals surface area contributed by atoms with Gasteiger partial charge in [0.05, 0.1) is 0 Å². The predicted octanol–water partition coefficient (Wildman–Crippen LogP) is 2.56. The summed E-state index contributed by atoms with van der Waals surface area (Å²) in [6.45, 7) is 2.26. The number of hydrogen-bond donors (Lipinski definition) is 1.